The van der Waals surface area contributed by atoms with Crippen molar-refractivity contribution in [3.05, 3.63) is 127 Å². The second-order valence-electron chi connectivity index (χ2n) is 5.42. The molecule has 0 N–H and O–H groups in total. The molecule has 0 amide bonds. The van der Waals surface area contributed by atoms with Crippen LogP contribution < -0.4 is 15.9 Å². The van der Waals surface area contributed by atoms with Crippen LogP contribution in [0.15, 0.2) is 121 Å². The Morgan fingerprint density at radius 2 is 0.778 bits per heavy atom. The Balaban J connectivity index is 0.000000275. The predicted octanol–water partition coefficient (Wildman–Crippen LogP) is 5.81. The molecule has 4 aromatic carbocycles. The summed E-state index contributed by atoms with van der Waals surface area (Å²) in [5.41, 5.74) is 0. The summed E-state index contributed by atoms with van der Waals surface area (Å²) in [4.78, 5) is 0. The smallest absolute Gasteiger partial charge is 0.0134 e. The number of hydrogen-bond acceptors (Lipinski definition) is 0. The molecule has 4 rings (SSSR count). The van der Waals surface area contributed by atoms with Crippen LogP contribution in [-0.2, 0) is 15.6 Å². The van der Waals surface area contributed by atoms with Gasteiger partial charge in [-0.05, 0) is 23.8 Å². The molecular formula is C24H20IPPd. The molecule has 0 aliphatic heterocycles. The Morgan fingerprint density at radius 1 is 0.481 bits per heavy atom. The van der Waals surface area contributed by atoms with Crippen LogP contribution in [0, 0.1) is 6.07 Å². The minimum Gasteiger partial charge on any atom is -0.184 e. The van der Waals surface area contributed by atoms with Gasteiger partial charge in [0.05, 0.1) is 0 Å². The molecule has 0 nitrogen and oxygen atoms in total. The fourth-order valence-corrected chi connectivity index (χ4v) is 4.83. The molecule has 0 saturated heterocycles. The first-order chi connectivity index (χ1) is 13.4. The van der Waals surface area contributed by atoms with E-state index >= 15 is 0 Å². The van der Waals surface area contributed by atoms with E-state index in [0.29, 0.717) is 0 Å². The first kappa shape index (κ1) is 22.0. The molecule has 0 aromatic heterocycles. The molecule has 0 spiro atoms. The van der Waals surface area contributed by atoms with Gasteiger partial charge in [0.1, 0.15) is 0 Å². The maximum atomic E-state index is 2.89. The molecule has 0 unspecified atom stereocenters. The summed E-state index contributed by atoms with van der Waals surface area (Å²) in [6, 6.07) is 44.8. The average molecular weight is 573 g/mol. The minimum absolute atomic E-state index is 0.446. The van der Waals surface area contributed by atoms with Crippen LogP contribution in [0.1, 0.15) is 0 Å². The van der Waals surface area contributed by atoms with E-state index in [0.717, 1.165) is 0 Å². The summed E-state index contributed by atoms with van der Waals surface area (Å²) in [5.74, 6) is 0. The maximum absolute atomic E-state index is 2.89. The van der Waals surface area contributed by atoms with Crippen LogP contribution in [0.2, 0.25) is 0 Å². The molecule has 0 radical (unpaired) electrons. The SMILES string of the molecule is [Pd+][I].[c-]1ccccc1.c1ccc(P(c2ccccc2)c2ccccc2)cc1. The average Bonchev–Trinajstić information content (AvgIpc) is 2.79. The van der Waals surface area contributed by atoms with Crippen molar-refractivity contribution in [1.82, 2.24) is 0 Å². The van der Waals surface area contributed by atoms with E-state index in [9.17, 15) is 0 Å². The molecule has 0 saturated carbocycles. The van der Waals surface area contributed by atoms with E-state index in [1.54, 1.807) is 0 Å². The largest absolute Gasteiger partial charge is 0.184 e. The van der Waals surface area contributed by atoms with Gasteiger partial charge in [0.25, 0.3) is 0 Å². The summed E-state index contributed by atoms with van der Waals surface area (Å²) < 4.78 is 0. The van der Waals surface area contributed by atoms with Crippen LogP contribution >= 0.6 is 27.4 Å². The van der Waals surface area contributed by atoms with Crippen LogP contribution in [0.25, 0.3) is 0 Å². The van der Waals surface area contributed by atoms with Crippen molar-refractivity contribution < 1.29 is 15.6 Å². The quantitative estimate of drug-likeness (QED) is 0.126. The molecule has 0 aliphatic carbocycles. The minimum atomic E-state index is -0.446. The van der Waals surface area contributed by atoms with Gasteiger partial charge in [0.2, 0.25) is 0 Å². The van der Waals surface area contributed by atoms with Crippen LogP contribution in [-0.4, -0.2) is 0 Å². The molecule has 4 aromatic rings. The molecule has 0 fully saturated rings. The molecule has 0 bridgehead atoms. The fraction of sp³-hybridized carbons (Fsp3) is 0. The van der Waals surface area contributed by atoms with Gasteiger partial charge < -0.3 is 0 Å². The summed E-state index contributed by atoms with van der Waals surface area (Å²) >= 11 is 4.72. The molecule has 0 atom stereocenters. The zero-order chi connectivity index (χ0) is 19.2. The van der Waals surface area contributed by atoms with E-state index in [2.05, 4.69) is 113 Å². The Labute approximate surface area is 185 Å². The van der Waals surface area contributed by atoms with Gasteiger partial charge in [-0.25, -0.2) is 0 Å². The van der Waals surface area contributed by atoms with Crippen LogP contribution in [0.5, 0.6) is 0 Å². The molecule has 0 aliphatic rings. The van der Waals surface area contributed by atoms with Crippen molar-refractivity contribution in [2.75, 3.05) is 0 Å². The van der Waals surface area contributed by atoms with Gasteiger partial charge in [-0.3, -0.25) is 0 Å². The monoisotopic (exact) mass is 572 g/mol. The van der Waals surface area contributed by atoms with Crippen molar-refractivity contribution in [2.45, 2.75) is 0 Å². The Hall–Kier alpha value is -1.30. The third-order valence-electron chi connectivity index (χ3n) is 3.65. The number of benzene rings is 4. The first-order valence-electron chi connectivity index (χ1n) is 8.43. The molecule has 0 heterocycles. The van der Waals surface area contributed by atoms with Gasteiger partial charge in [-0.1, -0.05) is 91.0 Å². The van der Waals surface area contributed by atoms with Crippen LogP contribution in [0.4, 0.5) is 0 Å². The third-order valence-corrected chi connectivity index (χ3v) is 6.09. The molecule has 138 valence electrons. The summed E-state index contributed by atoms with van der Waals surface area (Å²) in [6.07, 6.45) is 0. The Kier molecular flexibility index (Phi) is 11.2. The van der Waals surface area contributed by atoms with Crippen molar-refractivity contribution >= 4 is 43.3 Å². The van der Waals surface area contributed by atoms with E-state index in [-0.39, 0.29) is 0 Å². The third kappa shape index (κ3) is 7.68. The maximum Gasteiger partial charge on any atom is -0.0134 e. The predicted molar refractivity (Wildman–Crippen MR) is 124 cm³/mol. The fourth-order valence-electron chi connectivity index (χ4n) is 2.52. The van der Waals surface area contributed by atoms with Crippen molar-refractivity contribution in [3.8, 4) is 0 Å². The number of hydrogen-bond donors (Lipinski definition) is 0. The van der Waals surface area contributed by atoms with E-state index in [1.165, 1.54) is 15.9 Å². The van der Waals surface area contributed by atoms with E-state index in [1.807, 2.05) is 49.8 Å². The summed E-state index contributed by atoms with van der Waals surface area (Å²) in [7, 11) is -0.446. The Bertz CT molecular complexity index is 720. The topological polar surface area (TPSA) is 0 Å². The summed E-state index contributed by atoms with van der Waals surface area (Å²) in [5, 5.41) is 4.19. The van der Waals surface area contributed by atoms with Crippen LogP contribution in [0.3, 0.4) is 0 Å². The van der Waals surface area contributed by atoms with Gasteiger partial charge >= 0.3 is 35.1 Å². The van der Waals surface area contributed by atoms with Crippen molar-refractivity contribution in [2.24, 2.45) is 0 Å². The Morgan fingerprint density at radius 3 is 1.00 bits per heavy atom. The normalized spacial score (nSPS) is 9.48. The molecule has 27 heavy (non-hydrogen) atoms. The molecular weight excluding hydrogens is 553 g/mol. The second-order valence-corrected chi connectivity index (χ2v) is 7.64. The zero-order valence-corrected chi connectivity index (χ0v) is 19.3. The number of rotatable bonds is 3. The van der Waals surface area contributed by atoms with Gasteiger partial charge in [-0.15, -0.1) is 0 Å². The first-order valence-corrected chi connectivity index (χ1v) is 14.4. The van der Waals surface area contributed by atoms with Gasteiger partial charge in [-0.2, -0.15) is 36.4 Å². The van der Waals surface area contributed by atoms with E-state index in [4.69, 9.17) is 0 Å². The molecule has 3 heteroatoms. The van der Waals surface area contributed by atoms with Crippen molar-refractivity contribution in [3.63, 3.8) is 0 Å². The van der Waals surface area contributed by atoms with Gasteiger partial charge in [0, 0.05) is 0 Å². The second kappa shape index (κ2) is 13.8. The summed E-state index contributed by atoms with van der Waals surface area (Å²) in [6.45, 7) is 0. The van der Waals surface area contributed by atoms with E-state index < -0.39 is 7.92 Å². The van der Waals surface area contributed by atoms with Gasteiger partial charge in [0.15, 0.2) is 0 Å². The van der Waals surface area contributed by atoms with Crippen molar-refractivity contribution in [1.29, 1.82) is 0 Å². The standard InChI is InChI=1S/C18H15P.C6H5.HI.Pd/c1-4-10-16(11-5-1)19(17-12-6-2-7-13-17)18-14-8-3-9-15-18;1-2-4-6-5-3-1;;/h1-15H;1-5H;1H;/q;-1;;+2/p-1. The number of halogens is 1. The zero-order valence-electron chi connectivity index (χ0n) is 14.7.